The van der Waals surface area contributed by atoms with E-state index in [1.165, 1.54) is 0 Å². The number of amides is 2. The molecule has 1 unspecified atom stereocenters. The van der Waals surface area contributed by atoms with Crippen LogP contribution in [0, 0.1) is 13.8 Å². The smallest absolute Gasteiger partial charge is 0.326 e. The van der Waals surface area contributed by atoms with Gasteiger partial charge in [0.05, 0.1) is 0 Å². The number of rotatable bonds is 8. The van der Waals surface area contributed by atoms with Gasteiger partial charge in [0.1, 0.15) is 6.04 Å². The molecule has 1 aromatic heterocycles. The predicted octanol–water partition coefficient (Wildman–Crippen LogP) is 1.29. The lowest BCUT2D eigenvalue weighted by molar-refractivity contribution is -0.139. The number of hydrogen-bond donors (Lipinski definition) is 4. The van der Waals surface area contributed by atoms with Gasteiger partial charge < -0.3 is 21.5 Å². The molecule has 1 heterocycles. The van der Waals surface area contributed by atoms with E-state index in [1.807, 2.05) is 19.9 Å². The zero-order chi connectivity index (χ0) is 20.0. The molecule has 0 aliphatic heterocycles. The number of nitrogens with one attached hydrogen (secondary N) is 2. The van der Waals surface area contributed by atoms with Crippen molar-refractivity contribution in [1.82, 2.24) is 15.3 Å². The Morgan fingerprint density at radius 3 is 2.22 bits per heavy atom. The van der Waals surface area contributed by atoms with Crippen LogP contribution in [-0.4, -0.2) is 38.9 Å². The van der Waals surface area contributed by atoms with Crippen LogP contribution in [0.2, 0.25) is 0 Å². The summed E-state index contributed by atoms with van der Waals surface area (Å²) in [4.78, 5) is 42.8. The Balaban J connectivity index is 2.03. The average Bonchev–Trinajstić information content (AvgIpc) is 2.57. The molecule has 2 amide bonds. The number of carbonyl (C=O) groups is 3. The van der Waals surface area contributed by atoms with Crippen molar-refractivity contribution >= 4 is 29.4 Å². The first kappa shape index (κ1) is 19.8. The van der Waals surface area contributed by atoms with E-state index in [0.717, 1.165) is 11.4 Å². The summed E-state index contributed by atoms with van der Waals surface area (Å²) in [5, 5.41) is 14.6. The molecule has 0 aliphatic rings. The highest BCUT2D eigenvalue weighted by atomic mass is 16.4. The Morgan fingerprint density at radius 1 is 1.11 bits per heavy atom. The maximum Gasteiger partial charge on any atom is 0.326 e. The molecule has 0 bridgehead atoms. The van der Waals surface area contributed by atoms with Gasteiger partial charge in [0.15, 0.2) is 0 Å². The van der Waals surface area contributed by atoms with Crippen LogP contribution >= 0.6 is 0 Å². The van der Waals surface area contributed by atoms with Crippen molar-refractivity contribution in [2.24, 2.45) is 5.73 Å². The molecule has 1 aromatic carbocycles. The van der Waals surface area contributed by atoms with Crippen LogP contribution in [0.25, 0.3) is 0 Å². The monoisotopic (exact) mass is 371 g/mol. The summed E-state index contributed by atoms with van der Waals surface area (Å²) in [6, 6.07) is 7.09. The second-order valence-electron chi connectivity index (χ2n) is 6.05. The lowest BCUT2D eigenvalue weighted by atomic mass is 10.1. The summed E-state index contributed by atoms with van der Waals surface area (Å²) in [7, 11) is 0. The molecule has 9 heteroatoms. The Hall–Kier alpha value is -3.49. The van der Waals surface area contributed by atoms with E-state index in [0.29, 0.717) is 11.6 Å². The van der Waals surface area contributed by atoms with Crippen molar-refractivity contribution in [3.63, 3.8) is 0 Å². The largest absolute Gasteiger partial charge is 0.480 e. The first-order valence-corrected chi connectivity index (χ1v) is 8.26. The minimum Gasteiger partial charge on any atom is -0.480 e. The fourth-order valence-electron chi connectivity index (χ4n) is 2.40. The van der Waals surface area contributed by atoms with Gasteiger partial charge in [-0.15, -0.1) is 0 Å². The number of hydrogen-bond acceptors (Lipinski definition) is 6. The van der Waals surface area contributed by atoms with Crippen molar-refractivity contribution in [1.29, 1.82) is 0 Å². The third-order valence-electron chi connectivity index (χ3n) is 3.67. The molecule has 2 rings (SSSR count). The Bertz CT molecular complexity index is 831. The molecule has 27 heavy (non-hydrogen) atoms. The minimum atomic E-state index is -1.23. The molecule has 142 valence electrons. The van der Waals surface area contributed by atoms with Crippen LogP contribution in [0.15, 0.2) is 30.3 Å². The van der Waals surface area contributed by atoms with E-state index in [2.05, 4.69) is 20.6 Å². The van der Waals surface area contributed by atoms with Crippen LogP contribution in [0.1, 0.15) is 34.6 Å². The molecule has 0 radical (unpaired) electrons. The molecule has 9 nitrogen and oxygen atoms in total. The van der Waals surface area contributed by atoms with Crippen LogP contribution in [0.5, 0.6) is 0 Å². The summed E-state index contributed by atoms with van der Waals surface area (Å²) < 4.78 is 0. The van der Waals surface area contributed by atoms with Crippen molar-refractivity contribution in [2.45, 2.75) is 32.7 Å². The summed E-state index contributed by atoms with van der Waals surface area (Å²) in [6.07, 6.45) is -0.198. The molecule has 1 atom stereocenters. The number of primary amides is 1. The van der Waals surface area contributed by atoms with Gasteiger partial charge in [-0.3, -0.25) is 9.59 Å². The maximum absolute atomic E-state index is 12.2. The van der Waals surface area contributed by atoms with Gasteiger partial charge in [-0.05, 0) is 50.6 Å². The van der Waals surface area contributed by atoms with Gasteiger partial charge in [0, 0.05) is 29.1 Å². The molecule has 0 spiro atoms. The van der Waals surface area contributed by atoms with Crippen molar-refractivity contribution in [3.05, 3.63) is 47.3 Å². The minimum absolute atomic E-state index is 0.0694. The number of nitrogens with two attached hydrogens (primary N) is 1. The molecule has 0 fully saturated rings. The van der Waals surface area contributed by atoms with Gasteiger partial charge in [-0.25, -0.2) is 14.8 Å². The van der Waals surface area contributed by atoms with E-state index in [4.69, 9.17) is 10.8 Å². The second kappa shape index (κ2) is 8.75. The molecule has 2 aromatic rings. The molecule has 5 N–H and O–H groups in total. The number of aromatic nitrogens is 2. The third kappa shape index (κ3) is 6.07. The third-order valence-corrected chi connectivity index (χ3v) is 3.67. The fourth-order valence-corrected chi connectivity index (χ4v) is 2.40. The number of anilines is 2. The van der Waals surface area contributed by atoms with E-state index < -0.39 is 23.8 Å². The summed E-state index contributed by atoms with van der Waals surface area (Å²) in [5.74, 6) is -1.96. The van der Waals surface area contributed by atoms with Crippen LogP contribution in [0.4, 0.5) is 11.6 Å². The maximum atomic E-state index is 12.2. The molecule has 0 saturated carbocycles. The standard InChI is InChI=1S/C18H21N5O4/c1-10-9-11(2)21-18(20-10)22-13-5-3-12(4-6-13)16(25)23-14(17(26)27)7-8-15(19)24/h3-6,9,14H,7-8H2,1-2H3,(H2,19,24)(H,23,25)(H,26,27)(H,20,21,22). The highest BCUT2D eigenvalue weighted by molar-refractivity contribution is 5.97. The topological polar surface area (TPSA) is 147 Å². The van der Waals surface area contributed by atoms with Crippen molar-refractivity contribution < 1.29 is 19.5 Å². The summed E-state index contributed by atoms with van der Waals surface area (Å²) >= 11 is 0. The van der Waals surface area contributed by atoms with Gasteiger partial charge in [0.2, 0.25) is 11.9 Å². The zero-order valence-electron chi connectivity index (χ0n) is 15.0. The lowest BCUT2D eigenvalue weighted by Gasteiger charge is -2.14. The molecule has 0 saturated heterocycles. The Morgan fingerprint density at radius 2 is 1.70 bits per heavy atom. The van der Waals surface area contributed by atoms with E-state index in [1.54, 1.807) is 24.3 Å². The van der Waals surface area contributed by atoms with E-state index in [-0.39, 0.29) is 18.4 Å². The van der Waals surface area contributed by atoms with Gasteiger partial charge in [0.25, 0.3) is 5.91 Å². The Labute approximate surface area is 156 Å². The summed E-state index contributed by atoms with van der Waals surface area (Å²) in [6.45, 7) is 3.73. The number of carboxylic acids is 1. The molecular formula is C18H21N5O4. The predicted molar refractivity (Wildman–Crippen MR) is 98.5 cm³/mol. The first-order chi connectivity index (χ1) is 12.7. The van der Waals surface area contributed by atoms with Gasteiger partial charge >= 0.3 is 5.97 Å². The van der Waals surface area contributed by atoms with Gasteiger partial charge in [-0.1, -0.05) is 0 Å². The highest BCUT2D eigenvalue weighted by Gasteiger charge is 2.21. The summed E-state index contributed by atoms with van der Waals surface area (Å²) in [5.41, 5.74) is 7.65. The first-order valence-electron chi connectivity index (χ1n) is 8.26. The van der Waals surface area contributed by atoms with E-state index in [9.17, 15) is 14.4 Å². The van der Waals surface area contributed by atoms with Gasteiger partial charge in [-0.2, -0.15) is 0 Å². The SMILES string of the molecule is Cc1cc(C)nc(Nc2ccc(C(=O)NC(CCC(N)=O)C(=O)O)cc2)n1. The molecular weight excluding hydrogens is 350 g/mol. The van der Waals surface area contributed by atoms with Crippen molar-refractivity contribution in [3.8, 4) is 0 Å². The number of nitrogens with zero attached hydrogens (tertiary/aromatic N) is 2. The van der Waals surface area contributed by atoms with Crippen LogP contribution < -0.4 is 16.4 Å². The van der Waals surface area contributed by atoms with E-state index >= 15 is 0 Å². The second-order valence-corrected chi connectivity index (χ2v) is 6.05. The average molecular weight is 371 g/mol. The quantitative estimate of drug-likeness (QED) is 0.546. The lowest BCUT2D eigenvalue weighted by Crippen LogP contribution is -2.41. The fraction of sp³-hybridized carbons (Fsp3) is 0.278. The number of carbonyl (C=O) groups excluding carboxylic acids is 2. The highest BCUT2D eigenvalue weighted by Crippen LogP contribution is 2.15. The normalized spacial score (nSPS) is 11.5. The zero-order valence-corrected chi connectivity index (χ0v) is 15.0. The van der Waals surface area contributed by atoms with Crippen LogP contribution in [-0.2, 0) is 9.59 Å². The Kier molecular flexibility index (Phi) is 6.42. The van der Waals surface area contributed by atoms with Crippen LogP contribution in [0.3, 0.4) is 0 Å². The number of aliphatic carboxylic acids is 1. The number of carboxylic acid groups (broad SMARTS) is 1. The van der Waals surface area contributed by atoms with Crippen molar-refractivity contribution in [2.75, 3.05) is 5.32 Å². The number of benzene rings is 1. The number of aryl methyl sites for hydroxylation is 2. The molecule has 0 aliphatic carbocycles.